The molecule has 10 nitrogen and oxygen atoms in total. The minimum Gasteiger partial charge on any atom is -0.360 e. The van der Waals surface area contributed by atoms with Gasteiger partial charge in [-0.2, -0.15) is 0 Å². The molecule has 140 valence electrons. The number of thioether (sulfide) groups is 1. The number of tetrazole rings is 1. The molecule has 1 fully saturated rings. The monoisotopic (exact) mass is 379 g/mol. The molecule has 0 bridgehead atoms. The van der Waals surface area contributed by atoms with Gasteiger partial charge in [-0.3, -0.25) is 9.59 Å². The first-order valence-electron chi connectivity index (χ1n) is 8.40. The number of rotatable bonds is 6. The van der Waals surface area contributed by atoms with Crippen LogP contribution in [0.4, 0.5) is 5.82 Å². The third-order valence-corrected chi connectivity index (χ3v) is 5.24. The predicted molar refractivity (Wildman–Crippen MR) is 93.3 cm³/mol. The van der Waals surface area contributed by atoms with Gasteiger partial charge in [0.25, 0.3) is 0 Å². The van der Waals surface area contributed by atoms with Gasteiger partial charge in [-0.1, -0.05) is 16.9 Å². The molecule has 1 aliphatic rings. The lowest BCUT2D eigenvalue weighted by atomic mass is 9.95. The maximum absolute atomic E-state index is 12.3. The lowest BCUT2D eigenvalue weighted by molar-refractivity contribution is -0.134. The van der Waals surface area contributed by atoms with Crippen molar-refractivity contribution in [2.75, 3.05) is 24.2 Å². The fourth-order valence-electron chi connectivity index (χ4n) is 2.78. The Kier molecular flexibility index (Phi) is 5.86. The van der Waals surface area contributed by atoms with E-state index >= 15 is 0 Å². The van der Waals surface area contributed by atoms with Crippen LogP contribution in [0.5, 0.6) is 0 Å². The van der Waals surface area contributed by atoms with Crippen molar-refractivity contribution >= 4 is 29.4 Å². The molecule has 0 radical (unpaired) electrons. The molecule has 0 saturated carbocycles. The molecule has 0 aliphatic carbocycles. The summed E-state index contributed by atoms with van der Waals surface area (Å²) in [5.74, 6) is 1.61. The van der Waals surface area contributed by atoms with Gasteiger partial charge in [-0.15, -0.1) is 5.10 Å². The average Bonchev–Trinajstić information content (AvgIpc) is 3.23. The quantitative estimate of drug-likeness (QED) is 0.734. The number of amides is 2. The van der Waals surface area contributed by atoms with E-state index in [1.807, 2.05) is 4.90 Å². The molecular formula is C15H21N7O3S. The third kappa shape index (κ3) is 4.59. The summed E-state index contributed by atoms with van der Waals surface area (Å²) in [6.45, 7) is 2.95. The highest BCUT2D eigenvalue weighted by molar-refractivity contribution is 7.99. The van der Waals surface area contributed by atoms with E-state index in [2.05, 4.69) is 26.0 Å². The number of nitrogens with zero attached hydrogens (tertiary/aromatic N) is 6. The van der Waals surface area contributed by atoms with E-state index in [1.165, 1.54) is 11.8 Å². The highest BCUT2D eigenvalue weighted by atomic mass is 32.2. The van der Waals surface area contributed by atoms with Crippen molar-refractivity contribution in [2.45, 2.75) is 31.3 Å². The number of hydrogen-bond donors (Lipinski definition) is 1. The number of nitrogens with one attached hydrogen (secondary N) is 1. The van der Waals surface area contributed by atoms with Crippen LogP contribution in [0.15, 0.2) is 15.7 Å². The first-order valence-corrected chi connectivity index (χ1v) is 9.38. The number of piperidine rings is 1. The maximum atomic E-state index is 12.3. The Morgan fingerprint density at radius 1 is 1.38 bits per heavy atom. The summed E-state index contributed by atoms with van der Waals surface area (Å²) >= 11 is 1.45. The van der Waals surface area contributed by atoms with Gasteiger partial charge in [0.2, 0.25) is 17.0 Å². The first kappa shape index (κ1) is 18.4. The van der Waals surface area contributed by atoms with Crippen LogP contribution in [0.3, 0.4) is 0 Å². The molecule has 2 aromatic heterocycles. The van der Waals surface area contributed by atoms with Gasteiger partial charge < -0.3 is 14.7 Å². The van der Waals surface area contributed by atoms with Gasteiger partial charge in [0.05, 0.1) is 0 Å². The molecule has 1 aliphatic heterocycles. The number of hydrogen-bond acceptors (Lipinski definition) is 8. The van der Waals surface area contributed by atoms with Crippen LogP contribution < -0.4 is 5.32 Å². The minimum absolute atomic E-state index is 0.0734. The Balaban J connectivity index is 1.39. The predicted octanol–water partition coefficient (Wildman–Crippen LogP) is 0.866. The van der Waals surface area contributed by atoms with Gasteiger partial charge in [0.1, 0.15) is 5.76 Å². The molecule has 1 saturated heterocycles. The first-order chi connectivity index (χ1) is 12.5. The van der Waals surface area contributed by atoms with Crippen LogP contribution in [0, 0.1) is 12.8 Å². The third-order valence-electron chi connectivity index (χ3n) is 4.23. The Bertz CT molecular complexity index is 767. The van der Waals surface area contributed by atoms with Crippen LogP contribution >= 0.6 is 11.8 Å². The SMILES string of the molecule is Cc1cc(NC(=O)C2CCN(C(=O)CCSc3nnnn3C)CC2)no1. The highest BCUT2D eigenvalue weighted by Crippen LogP contribution is 2.21. The van der Waals surface area contributed by atoms with E-state index in [0.717, 1.165) is 0 Å². The molecular weight excluding hydrogens is 358 g/mol. The molecule has 0 spiro atoms. The van der Waals surface area contributed by atoms with E-state index in [0.29, 0.717) is 54.8 Å². The fraction of sp³-hybridized carbons (Fsp3) is 0.600. The van der Waals surface area contributed by atoms with Crippen LogP contribution in [-0.2, 0) is 16.6 Å². The molecule has 0 unspecified atom stereocenters. The van der Waals surface area contributed by atoms with E-state index in [4.69, 9.17) is 4.52 Å². The number of carbonyl (C=O) groups excluding carboxylic acids is 2. The van der Waals surface area contributed by atoms with Crippen molar-refractivity contribution in [3.8, 4) is 0 Å². The van der Waals surface area contributed by atoms with Crippen LogP contribution in [0.25, 0.3) is 0 Å². The molecule has 2 amide bonds. The van der Waals surface area contributed by atoms with Crippen LogP contribution in [0.1, 0.15) is 25.0 Å². The van der Waals surface area contributed by atoms with Crippen molar-refractivity contribution in [1.29, 1.82) is 0 Å². The van der Waals surface area contributed by atoms with Crippen LogP contribution in [-0.4, -0.2) is 60.9 Å². The maximum Gasteiger partial charge on any atom is 0.228 e. The zero-order valence-corrected chi connectivity index (χ0v) is 15.5. The Morgan fingerprint density at radius 3 is 2.77 bits per heavy atom. The molecule has 3 rings (SSSR count). The molecule has 1 N–H and O–H groups in total. The number of carbonyl (C=O) groups is 2. The van der Waals surface area contributed by atoms with E-state index in [1.54, 1.807) is 24.7 Å². The Hall–Kier alpha value is -2.43. The summed E-state index contributed by atoms with van der Waals surface area (Å²) in [5, 5.41) is 18.4. The standard InChI is InChI=1S/C15H21N7O3S/c1-10-9-12(18-25-10)16-14(24)11-3-6-22(7-4-11)13(23)5-8-26-15-17-19-20-21(15)2/h9,11H,3-8H2,1-2H3,(H,16,18,24). The summed E-state index contributed by atoms with van der Waals surface area (Å²) in [5.41, 5.74) is 0. The second-order valence-electron chi connectivity index (χ2n) is 6.15. The van der Waals surface area contributed by atoms with Gasteiger partial charge in [0, 0.05) is 44.3 Å². The smallest absolute Gasteiger partial charge is 0.228 e. The van der Waals surface area contributed by atoms with Gasteiger partial charge >= 0.3 is 0 Å². The highest BCUT2D eigenvalue weighted by Gasteiger charge is 2.27. The van der Waals surface area contributed by atoms with Gasteiger partial charge in [-0.05, 0) is 30.2 Å². The molecule has 0 atom stereocenters. The van der Waals surface area contributed by atoms with Crippen LogP contribution in [0.2, 0.25) is 0 Å². The van der Waals surface area contributed by atoms with Crippen molar-refractivity contribution < 1.29 is 14.1 Å². The second-order valence-corrected chi connectivity index (χ2v) is 7.21. The number of likely N-dealkylation sites (tertiary alicyclic amines) is 1. The lowest BCUT2D eigenvalue weighted by Gasteiger charge is -2.31. The molecule has 2 aromatic rings. The number of aryl methyl sites for hydroxylation is 2. The van der Waals surface area contributed by atoms with Gasteiger partial charge in [-0.25, -0.2) is 4.68 Å². The minimum atomic E-state index is -0.116. The van der Waals surface area contributed by atoms with Gasteiger partial charge in [0.15, 0.2) is 5.82 Å². The van der Waals surface area contributed by atoms with Crippen molar-refractivity contribution in [1.82, 2.24) is 30.3 Å². The summed E-state index contributed by atoms with van der Waals surface area (Å²) in [7, 11) is 1.76. The molecule has 11 heteroatoms. The number of aromatic nitrogens is 5. The summed E-state index contributed by atoms with van der Waals surface area (Å²) in [6.07, 6.45) is 1.72. The molecule has 0 aromatic carbocycles. The Labute approximate surface area is 154 Å². The van der Waals surface area contributed by atoms with Crippen molar-refractivity contribution in [3.63, 3.8) is 0 Å². The largest absolute Gasteiger partial charge is 0.360 e. The number of anilines is 1. The summed E-state index contributed by atoms with van der Waals surface area (Å²) in [4.78, 5) is 26.4. The average molecular weight is 379 g/mol. The molecule has 3 heterocycles. The molecule has 26 heavy (non-hydrogen) atoms. The zero-order valence-electron chi connectivity index (χ0n) is 14.7. The van der Waals surface area contributed by atoms with E-state index in [-0.39, 0.29) is 17.7 Å². The summed E-state index contributed by atoms with van der Waals surface area (Å²) in [6, 6.07) is 1.68. The van der Waals surface area contributed by atoms with Crippen molar-refractivity contribution in [3.05, 3.63) is 11.8 Å². The van der Waals surface area contributed by atoms with E-state index < -0.39 is 0 Å². The zero-order chi connectivity index (χ0) is 18.5. The van der Waals surface area contributed by atoms with E-state index in [9.17, 15) is 9.59 Å². The summed E-state index contributed by atoms with van der Waals surface area (Å²) < 4.78 is 6.52. The second kappa shape index (κ2) is 8.30. The fourth-order valence-corrected chi connectivity index (χ4v) is 3.55. The Morgan fingerprint density at radius 2 is 2.15 bits per heavy atom. The lowest BCUT2D eigenvalue weighted by Crippen LogP contribution is -2.41. The topological polar surface area (TPSA) is 119 Å². The van der Waals surface area contributed by atoms with Crippen molar-refractivity contribution in [2.24, 2.45) is 13.0 Å². The normalized spacial score (nSPS) is 15.2.